The molecule has 0 unspecified atom stereocenters. The van der Waals surface area contributed by atoms with E-state index >= 15 is 0 Å². The highest BCUT2D eigenvalue weighted by Crippen LogP contribution is 2.44. The summed E-state index contributed by atoms with van der Waals surface area (Å²) in [5.41, 5.74) is -6.09. The van der Waals surface area contributed by atoms with Gasteiger partial charge in [0.05, 0.1) is 65.9 Å². The summed E-state index contributed by atoms with van der Waals surface area (Å²) in [7, 11) is 0. The zero-order chi connectivity index (χ0) is 113. The highest BCUT2D eigenvalue weighted by atomic mass is 16.3. The molecule has 0 atom stereocenters. The van der Waals surface area contributed by atoms with Crippen LogP contribution in [-0.4, -0.2) is 29.9 Å². The smallest absolute Gasteiger partial charge is 0.167 e. The van der Waals surface area contributed by atoms with Gasteiger partial charge in [0.25, 0.3) is 0 Å². The molecule has 0 N–H and O–H groups in total. The van der Waals surface area contributed by atoms with Gasteiger partial charge in [-0.2, -0.15) is 0 Å². The van der Waals surface area contributed by atoms with Crippen molar-refractivity contribution in [3.05, 3.63) is 398 Å². The topological polar surface area (TPSA) is 104 Å². The van der Waals surface area contributed by atoms with Crippen molar-refractivity contribution in [2.75, 3.05) is 0 Å². The van der Waals surface area contributed by atoms with Crippen molar-refractivity contribution >= 4 is 43.9 Å². The normalized spacial score (nSPS) is 16.8. The first-order valence-electron chi connectivity index (χ1n) is 56.1. The lowest BCUT2D eigenvalue weighted by molar-refractivity contribution is 0.670. The molecule has 0 aliphatic rings. The average Bonchev–Trinajstić information content (AvgIpc) is 1.49. The van der Waals surface area contributed by atoms with E-state index in [9.17, 15) is 20.6 Å². The predicted octanol–water partition coefficient (Wildman–Crippen LogP) is 27.5. The van der Waals surface area contributed by atoms with E-state index in [0.717, 1.165) is 22.3 Å². The number of rotatable bonds is 14. The molecule has 20 rings (SSSR count). The molecule has 528 valence electrons. The minimum absolute atomic E-state index is 0.0284. The largest absolute Gasteiger partial charge is 0.455 e. The van der Waals surface area contributed by atoms with E-state index in [1.165, 1.54) is 13.8 Å². The fraction of sp³-hybridized carbons (Fsp3) is 0.0192. The Labute approximate surface area is 710 Å². The Bertz CT molecular complexity index is 9230. The summed E-state index contributed by atoms with van der Waals surface area (Å²) >= 11 is 0. The fourth-order valence-electron chi connectivity index (χ4n) is 12.3. The summed E-state index contributed by atoms with van der Waals surface area (Å²) in [4.78, 5) is 26.9. The van der Waals surface area contributed by atoms with Gasteiger partial charge in [0, 0.05) is 66.1 Å². The van der Waals surface area contributed by atoms with Crippen molar-refractivity contribution in [3.63, 3.8) is 0 Å². The third-order valence-electron chi connectivity index (χ3n) is 17.5. The Morgan fingerprint density at radius 1 is 0.188 bits per heavy atom. The van der Waals surface area contributed by atoms with Gasteiger partial charge in [0.2, 0.25) is 0 Å². The summed E-state index contributed by atoms with van der Waals surface area (Å²) in [6.45, 7) is 2.63. The van der Waals surface area contributed by atoms with Crippen LogP contribution in [0.4, 0.5) is 0 Å². The summed E-state index contributed by atoms with van der Waals surface area (Å²) < 4.78 is 405. The van der Waals surface area contributed by atoms with Crippen LogP contribution < -0.4 is 0 Å². The first-order valence-corrected chi connectivity index (χ1v) is 34.1. The Hall–Kier alpha value is -14.9. The Morgan fingerprint density at radius 3 is 1.02 bits per heavy atom. The average molecular weight is 1480 g/mol. The lowest BCUT2D eigenvalue weighted by Crippen LogP contribution is -2.00. The number of aromatic nitrogens is 6. The van der Waals surface area contributed by atoms with E-state index in [2.05, 4.69) is 29.9 Å². The van der Waals surface area contributed by atoms with Crippen LogP contribution in [0.5, 0.6) is 0 Å². The van der Waals surface area contributed by atoms with E-state index in [1.54, 1.807) is 42.5 Å². The summed E-state index contributed by atoms with van der Waals surface area (Å²) in [5.74, 6) is -4.72. The van der Waals surface area contributed by atoms with Crippen LogP contribution in [0, 0.1) is 13.8 Å². The van der Waals surface area contributed by atoms with Gasteiger partial charge in [-0.15, -0.1) is 0 Å². The maximum Gasteiger partial charge on any atom is 0.167 e. The summed E-state index contributed by atoms with van der Waals surface area (Å²) in [5, 5.41) is 0.680. The van der Waals surface area contributed by atoms with Crippen molar-refractivity contribution in [2.45, 2.75) is 13.8 Å². The third kappa shape index (κ3) is 13.6. The standard InChI is InChI=1S/2C52H35N3O/c1-34-13-8-18-39(31-34)41-20-10-22-43(33-41)51-53-50(42-21-9-19-40(32-42)36-16-6-3-7-17-36)54-52(55-51)47-26-12-25-46-45-24-11-23-44(48(45)56-49(46)47)38-29-27-37(28-30-38)35-14-4-2-5-15-35;1-34-12-8-17-41(32-34)37-26-30-40(31-27-37)51-53-50(39-28-24-36(25-29-39)35-13-4-2-5-14-35)54-52(55-51)43-19-9-18-42(33-43)45-21-11-23-47-46-22-10-20-44(48(46)56-49(45)47)38-15-6-3-7-16-38/h2*2-33H,1H3/i3D,6D,7D,8D,9D,10D,11D,12D,13D,16D,17D,18D,19D,20D,21D,22D,23D,24D,25D,26D,31D,32D,33D;2D,4D,5D,8D,9D,12D,13D,14D,17D,18D,19D,24D,25D,26D,27D,28D,29D,30D,31D,32D,33D. The van der Waals surface area contributed by atoms with Crippen LogP contribution in [0.25, 0.3) is 201 Å². The SMILES string of the molecule is [2H]c1c([2H])c([2H])c(-c2c([2H])c([2H])c(-c3nc(-c4c([2H])c([2H])c(-c5c([2H])c([2H])c([2H])c(C)c5[2H])c([2H])c4[2H])nc(-c4c([2H])c([2H])c([2H])c(-c5cccc6c5oc5c(-c7ccccc7)cccc56)c4[2H])n3)c([2H])c2[2H])c([2H])c1[2H].[2H]c1c([2H])c([2H])c(-c2c([2H])c([2H])c([2H])c(-c3nc(-c4c([2H])c([2H])c([2H])c(-c5c([2H])c([2H])c([2H])c(C)c5[2H])c4[2H])nc(-c4c([2H])c([2H])c([2H])c5c4oc4c(-c6ccc(-c7ccccc7)cc6)c([2H])c([2H])c([2H])c45)n3)c2[2H])c([2H])c1[2H]. The molecule has 0 fully saturated rings. The molecular weight excluding hydrogens is 1370 g/mol. The number of furan rings is 2. The van der Waals surface area contributed by atoms with E-state index in [0.29, 0.717) is 21.9 Å². The molecule has 0 radical (unpaired) electrons. The quantitative estimate of drug-likeness (QED) is 0.106. The number of benzene rings is 16. The Kier molecular flexibility index (Phi) is 9.40. The molecule has 0 amide bonds. The second kappa shape index (κ2) is 29.7. The number of hydrogen-bond donors (Lipinski definition) is 0. The first-order chi connectivity index (χ1) is 73.7. The molecule has 0 spiro atoms. The van der Waals surface area contributed by atoms with Crippen LogP contribution in [-0.2, 0) is 0 Å². The molecule has 112 heavy (non-hydrogen) atoms. The number of para-hydroxylation sites is 4. The monoisotopic (exact) mass is 1480 g/mol. The molecule has 0 saturated carbocycles. The van der Waals surface area contributed by atoms with Crippen molar-refractivity contribution in [1.82, 2.24) is 29.9 Å². The number of hydrogen-bond acceptors (Lipinski definition) is 8. The van der Waals surface area contributed by atoms with E-state index in [-0.39, 0.29) is 49.8 Å². The van der Waals surface area contributed by atoms with Gasteiger partial charge in [0.15, 0.2) is 34.9 Å². The highest BCUT2D eigenvalue weighted by Gasteiger charge is 2.23. The maximum absolute atomic E-state index is 9.79. The molecular formula is C104H70N6O2. The predicted molar refractivity (Wildman–Crippen MR) is 460 cm³/mol. The summed E-state index contributed by atoms with van der Waals surface area (Å²) in [6.07, 6.45) is 0. The van der Waals surface area contributed by atoms with Gasteiger partial charge in [-0.3, -0.25) is 0 Å². The molecule has 0 aliphatic carbocycles. The first kappa shape index (κ1) is 35.5. The lowest BCUT2D eigenvalue weighted by Gasteiger charge is -2.11. The molecule has 4 heterocycles. The number of nitrogens with zero attached hydrogens (tertiary/aromatic N) is 6. The van der Waals surface area contributed by atoms with Crippen LogP contribution in [0.15, 0.2) is 396 Å². The molecule has 0 saturated heterocycles. The second-order valence-electron chi connectivity index (χ2n) is 24.6. The van der Waals surface area contributed by atoms with Crippen molar-refractivity contribution in [3.8, 4) is 157 Å². The van der Waals surface area contributed by atoms with Gasteiger partial charge >= 0.3 is 0 Å². The second-order valence-corrected chi connectivity index (χ2v) is 24.6. The molecule has 8 heteroatoms. The molecule has 16 aromatic carbocycles. The fourth-order valence-corrected chi connectivity index (χ4v) is 12.3. The molecule has 4 aromatic heterocycles. The van der Waals surface area contributed by atoms with Crippen molar-refractivity contribution in [1.29, 1.82) is 0 Å². The molecule has 8 nitrogen and oxygen atoms in total. The Morgan fingerprint density at radius 2 is 0.500 bits per heavy atom. The molecule has 0 aliphatic heterocycles. The van der Waals surface area contributed by atoms with Crippen molar-refractivity contribution < 1.29 is 69.1 Å². The van der Waals surface area contributed by atoms with Crippen LogP contribution >= 0.6 is 0 Å². The van der Waals surface area contributed by atoms with Crippen LogP contribution in [0.2, 0.25) is 0 Å². The third-order valence-corrected chi connectivity index (χ3v) is 17.5. The van der Waals surface area contributed by atoms with Crippen molar-refractivity contribution in [2.24, 2.45) is 0 Å². The van der Waals surface area contributed by atoms with Gasteiger partial charge in [-0.25, -0.2) is 29.9 Å². The summed E-state index contributed by atoms with van der Waals surface area (Å²) in [6, 6.07) is 1.26. The van der Waals surface area contributed by atoms with E-state index < -0.39 is 384 Å². The minimum Gasteiger partial charge on any atom is -0.455 e. The van der Waals surface area contributed by atoms with E-state index in [1.807, 2.05) is 78.9 Å². The minimum atomic E-state index is -0.976. The highest BCUT2D eigenvalue weighted by molar-refractivity contribution is 6.14. The van der Waals surface area contributed by atoms with Crippen LogP contribution in [0.1, 0.15) is 71.4 Å². The number of fused-ring (bicyclic) bond motifs is 6. The van der Waals surface area contributed by atoms with Gasteiger partial charge in [-0.05, 0) is 110 Å². The zero-order valence-corrected chi connectivity index (χ0v) is 58.0. The molecule has 20 aromatic rings. The molecule has 0 bridgehead atoms. The zero-order valence-electron chi connectivity index (χ0n) is 102. The van der Waals surface area contributed by atoms with Gasteiger partial charge in [0.1, 0.15) is 22.3 Å². The lowest BCUT2D eigenvalue weighted by atomic mass is 9.98. The van der Waals surface area contributed by atoms with E-state index in [4.69, 9.17) is 48.6 Å². The van der Waals surface area contributed by atoms with Crippen LogP contribution in [0.3, 0.4) is 0 Å². The van der Waals surface area contributed by atoms with Gasteiger partial charge < -0.3 is 8.83 Å². The Balaban J connectivity index is 0.000000194. The maximum atomic E-state index is 9.79. The van der Waals surface area contributed by atoms with Gasteiger partial charge in [-0.1, -0.05) is 374 Å².